The van der Waals surface area contributed by atoms with Gasteiger partial charge in [0.25, 0.3) is 0 Å². The Bertz CT molecular complexity index is 1380. The van der Waals surface area contributed by atoms with Gasteiger partial charge in [0.15, 0.2) is 0 Å². The smallest absolute Gasteiger partial charge is 0.0381 e. The first-order valence-corrected chi connectivity index (χ1v) is 13.6. The molecule has 0 amide bonds. The second-order valence-corrected chi connectivity index (χ2v) is 10.6. The molecule has 2 aromatic rings. The fourth-order valence-electron chi connectivity index (χ4n) is 4.23. The number of aryl methyl sites for hydroxylation is 1. The van der Waals surface area contributed by atoms with E-state index in [-0.39, 0.29) is 5.41 Å². The normalized spacial score (nSPS) is 13.6. The zero-order valence-corrected chi connectivity index (χ0v) is 25.4. The molecule has 3 N–H and O–H groups in total. The van der Waals surface area contributed by atoms with Crippen molar-refractivity contribution in [2.45, 2.75) is 48.0 Å². The Balaban J connectivity index is 2.47. The number of rotatable bonds is 13. The molecule has 0 aromatic carbocycles. The van der Waals surface area contributed by atoms with Gasteiger partial charge < -0.3 is 15.6 Å². The Morgan fingerprint density at radius 2 is 1.82 bits per heavy atom. The average molecular weight is 535 g/mol. The van der Waals surface area contributed by atoms with E-state index in [2.05, 4.69) is 111 Å². The quantitative estimate of drug-likeness (QED) is 0.225. The van der Waals surface area contributed by atoms with Gasteiger partial charge in [-0.15, -0.1) is 0 Å². The number of H-pyrrole nitrogens is 1. The number of aromatic amines is 1. The summed E-state index contributed by atoms with van der Waals surface area (Å²) >= 11 is 0. The molecule has 2 heterocycles. The van der Waals surface area contributed by atoms with E-state index in [9.17, 15) is 0 Å². The molecule has 0 aliphatic rings. The molecule has 4 heteroatoms. The number of nitrogens with one attached hydrogen (secondary N) is 3. The van der Waals surface area contributed by atoms with Crippen molar-refractivity contribution in [3.05, 3.63) is 156 Å². The summed E-state index contributed by atoms with van der Waals surface area (Å²) in [7, 11) is 1.94. The Morgan fingerprint density at radius 1 is 1.10 bits per heavy atom. The van der Waals surface area contributed by atoms with Gasteiger partial charge >= 0.3 is 0 Å². The topological polar surface area (TPSA) is 52.7 Å². The molecule has 0 saturated heterocycles. The van der Waals surface area contributed by atoms with E-state index in [1.165, 1.54) is 0 Å². The molecule has 40 heavy (non-hydrogen) atoms. The minimum atomic E-state index is -0.0688. The highest BCUT2D eigenvalue weighted by Crippen LogP contribution is 2.29. The largest absolute Gasteiger partial charge is 0.388 e. The third kappa shape index (κ3) is 8.60. The van der Waals surface area contributed by atoms with Gasteiger partial charge in [0.05, 0.1) is 0 Å². The summed E-state index contributed by atoms with van der Waals surface area (Å²) in [5, 5.41) is 6.76. The van der Waals surface area contributed by atoms with Crippen molar-refractivity contribution in [3.8, 4) is 0 Å². The molecule has 0 saturated carbocycles. The first kappa shape index (κ1) is 31.9. The number of allylic oxidation sites excluding steroid dienone is 11. The van der Waals surface area contributed by atoms with Crippen LogP contribution in [0, 0.1) is 12.3 Å². The van der Waals surface area contributed by atoms with Gasteiger partial charge in [-0.2, -0.15) is 0 Å². The highest BCUT2D eigenvalue weighted by molar-refractivity contribution is 5.82. The molecule has 2 rings (SSSR count). The van der Waals surface area contributed by atoms with Crippen LogP contribution in [0.25, 0.3) is 5.57 Å². The lowest BCUT2D eigenvalue weighted by molar-refractivity contribution is 0.478. The molecule has 0 aliphatic heterocycles. The van der Waals surface area contributed by atoms with Crippen molar-refractivity contribution in [3.63, 3.8) is 0 Å². The summed E-state index contributed by atoms with van der Waals surface area (Å²) in [4.78, 5) is 7.91. The van der Waals surface area contributed by atoms with Crippen molar-refractivity contribution in [1.29, 1.82) is 0 Å². The van der Waals surface area contributed by atoms with Crippen LogP contribution in [-0.4, -0.2) is 17.0 Å². The second kappa shape index (κ2) is 14.7. The minimum Gasteiger partial charge on any atom is -0.388 e. The van der Waals surface area contributed by atoms with Crippen molar-refractivity contribution in [2.24, 2.45) is 5.41 Å². The lowest BCUT2D eigenvalue weighted by Gasteiger charge is -2.24. The first-order valence-electron chi connectivity index (χ1n) is 13.6. The van der Waals surface area contributed by atoms with Gasteiger partial charge in [-0.25, -0.2) is 0 Å². The third-order valence-corrected chi connectivity index (χ3v) is 6.66. The van der Waals surface area contributed by atoms with E-state index in [1.54, 1.807) is 6.20 Å². The Hall–Kier alpha value is -4.31. The van der Waals surface area contributed by atoms with Crippen LogP contribution in [-0.2, 0) is 6.42 Å². The van der Waals surface area contributed by atoms with E-state index in [4.69, 9.17) is 0 Å². The molecular weight excluding hydrogens is 488 g/mol. The highest BCUT2D eigenvalue weighted by Gasteiger charge is 2.16. The van der Waals surface area contributed by atoms with E-state index >= 15 is 0 Å². The fourth-order valence-corrected chi connectivity index (χ4v) is 4.23. The van der Waals surface area contributed by atoms with Gasteiger partial charge in [-0.1, -0.05) is 77.5 Å². The summed E-state index contributed by atoms with van der Waals surface area (Å²) in [5.74, 6) is 0. The Labute approximate surface area is 242 Å². The molecule has 2 aromatic heterocycles. The lowest BCUT2D eigenvalue weighted by atomic mass is 9.92. The second-order valence-electron chi connectivity index (χ2n) is 10.6. The predicted octanol–water partition coefficient (Wildman–Crippen LogP) is 8.65. The van der Waals surface area contributed by atoms with Gasteiger partial charge in [0.2, 0.25) is 0 Å². The van der Waals surface area contributed by atoms with Gasteiger partial charge in [0, 0.05) is 70.9 Å². The fraction of sp³-hybridized carbons (Fsp3) is 0.250. The van der Waals surface area contributed by atoms with Crippen LogP contribution in [0.3, 0.4) is 0 Å². The van der Waals surface area contributed by atoms with E-state index < -0.39 is 0 Å². The predicted molar refractivity (Wildman–Crippen MR) is 175 cm³/mol. The van der Waals surface area contributed by atoms with E-state index in [0.717, 1.165) is 61.9 Å². The molecule has 4 nitrogen and oxygen atoms in total. The van der Waals surface area contributed by atoms with Crippen LogP contribution in [0.15, 0.2) is 133 Å². The molecule has 0 fully saturated rings. The van der Waals surface area contributed by atoms with Crippen molar-refractivity contribution >= 4 is 5.57 Å². The van der Waals surface area contributed by atoms with Crippen molar-refractivity contribution < 1.29 is 0 Å². The van der Waals surface area contributed by atoms with Crippen LogP contribution in [0.2, 0.25) is 0 Å². The molecule has 0 unspecified atom stereocenters. The SMILES string of the molecule is C=C/C=C(/c1cccnc1)c1cc(CC(=C/C(=C)C(/C=C(\C=C)NC(=C)C(C)(C)C)=C/C)/C(=C\C)NC)[nH]c1C. The summed E-state index contributed by atoms with van der Waals surface area (Å²) in [6.07, 6.45) is 18.4. The van der Waals surface area contributed by atoms with Crippen LogP contribution < -0.4 is 10.6 Å². The number of hydrogen-bond donors (Lipinski definition) is 3. The summed E-state index contributed by atoms with van der Waals surface area (Å²) < 4.78 is 0. The molecule has 210 valence electrons. The zero-order valence-electron chi connectivity index (χ0n) is 25.4. The zero-order chi connectivity index (χ0) is 29.9. The van der Waals surface area contributed by atoms with E-state index in [0.29, 0.717) is 6.42 Å². The van der Waals surface area contributed by atoms with E-state index in [1.807, 2.05) is 51.4 Å². The molecule has 0 bridgehead atoms. The average Bonchev–Trinajstić information content (AvgIpc) is 3.29. The van der Waals surface area contributed by atoms with Crippen LogP contribution >= 0.6 is 0 Å². The van der Waals surface area contributed by atoms with Gasteiger partial charge in [0.1, 0.15) is 0 Å². The maximum absolute atomic E-state index is 4.42. The number of nitrogens with zero attached hydrogens (tertiary/aromatic N) is 1. The monoisotopic (exact) mass is 534 g/mol. The summed E-state index contributed by atoms with van der Waals surface area (Å²) in [6.45, 7) is 29.1. The van der Waals surface area contributed by atoms with Crippen LogP contribution in [0.5, 0.6) is 0 Å². The molecule has 0 aliphatic carbocycles. The number of aromatic nitrogens is 2. The molecule has 0 radical (unpaired) electrons. The van der Waals surface area contributed by atoms with Gasteiger partial charge in [-0.05, 0) is 73.4 Å². The van der Waals surface area contributed by atoms with Crippen molar-refractivity contribution in [2.75, 3.05) is 7.05 Å². The number of hydrogen-bond acceptors (Lipinski definition) is 3. The Morgan fingerprint density at radius 3 is 2.35 bits per heavy atom. The molecule has 0 spiro atoms. The van der Waals surface area contributed by atoms with Crippen LogP contribution in [0.1, 0.15) is 57.1 Å². The highest BCUT2D eigenvalue weighted by atomic mass is 14.9. The standard InChI is InChI=1S/C36H46N4/c1-12-17-33(29-18-16-19-38-24-29)34-23-32(39-26(34)6)22-30(35(15-4)37-11)20-25(5)28(13-2)21-31(14-3)40-27(7)36(8,9)10/h12-21,23-24,37,39-40H,1,3,5,7,22H2,2,4,6,8-11H3/b28-13+,30-20-,31-21+,33-17-,35-15+. The van der Waals surface area contributed by atoms with Crippen molar-refractivity contribution in [1.82, 2.24) is 20.6 Å². The van der Waals surface area contributed by atoms with Crippen LogP contribution in [0.4, 0.5) is 0 Å². The van der Waals surface area contributed by atoms with Gasteiger partial charge in [-0.3, -0.25) is 4.98 Å². The first-order chi connectivity index (χ1) is 19.0. The maximum atomic E-state index is 4.42. The Kier molecular flexibility index (Phi) is 11.8. The number of likely N-dealkylation sites (N-methyl/N-ethyl adjacent to an activating group) is 1. The lowest BCUT2D eigenvalue weighted by Crippen LogP contribution is -2.22. The third-order valence-electron chi connectivity index (χ3n) is 6.66. The molecular formula is C36H46N4. The number of pyridine rings is 1. The molecule has 0 atom stereocenters. The minimum absolute atomic E-state index is 0.0688. The summed E-state index contributed by atoms with van der Waals surface area (Å²) in [5.41, 5.74) is 11.3. The summed E-state index contributed by atoms with van der Waals surface area (Å²) in [6, 6.07) is 6.23. The maximum Gasteiger partial charge on any atom is 0.0381 e.